The van der Waals surface area contributed by atoms with Crippen LogP contribution in [0.4, 0.5) is 5.69 Å². The summed E-state index contributed by atoms with van der Waals surface area (Å²) in [7, 11) is 0. The molecule has 6 heteroatoms. The molecule has 0 spiro atoms. The van der Waals surface area contributed by atoms with Crippen LogP contribution in [0, 0.1) is 6.90 Å². The number of fused-ring (bicyclic) bond motifs is 1. The summed E-state index contributed by atoms with van der Waals surface area (Å²) >= 11 is 0. The molecule has 0 bridgehead atoms. The van der Waals surface area contributed by atoms with Crippen molar-refractivity contribution < 1.29 is 16.4 Å². The predicted octanol–water partition coefficient (Wildman–Crippen LogP) is 1.15. The number of aromatic nitrogens is 2. The standard InChI is InChI=1S/C15H15N3O3/c1-8-17-11-4-2-3-10(16)14(11)15(21)18(8)12-6-5-9(19)7-13(12)20/h2-4,12H,5-7,16H2,1H3/i1D,3D,4D,5D2. The second-order valence-corrected chi connectivity index (χ2v) is 4.74. The molecule has 1 aliphatic carbocycles. The highest BCUT2D eigenvalue weighted by molar-refractivity contribution is 6.03. The van der Waals surface area contributed by atoms with Gasteiger partial charge >= 0.3 is 0 Å². The van der Waals surface area contributed by atoms with Crippen molar-refractivity contribution in [3.63, 3.8) is 0 Å². The SMILES string of the molecule is [2H]Cc1nc2c([2H])cc([2H])c(N)c2c(=O)n1C1CC([2H])([2H])C(=O)CC1=O. The summed E-state index contributed by atoms with van der Waals surface area (Å²) in [4.78, 5) is 41.1. The van der Waals surface area contributed by atoms with Crippen LogP contribution in [0.3, 0.4) is 0 Å². The summed E-state index contributed by atoms with van der Waals surface area (Å²) in [6, 6.07) is -0.619. The van der Waals surface area contributed by atoms with E-state index in [1.807, 2.05) is 0 Å². The second kappa shape index (κ2) is 4.80. The number of nitrogens with two attached hydrogens (primary N) is 1. The van der Waals surface area contributed by atoms with Crippen molar-refractivity contribution >= 4 is 28.2 Å². The van der Waals surface area contributed by atoms with Gasteiger partial charge in [0.05, 0.1) is 26.1 Å². The average molecular weight is 290 g/mol. The van der Waals surface area contributed by atoms with Gasteiger partial charge in [0.1, 0.15) is 11.6 Å². The highest BCUT2D eigenvalue weighted by atomic mass is 16.2. The number of anilines is 1. The molecule has 1 aromatic heterocycles. The normalized spacial score (nSPS) is 25.0. The lowest BCUT2D eigenvalue weighted by Gasteiger charge is -2.24. The van der Waals surface area contributed by atoms with Crippen molar-refractivity contribution in [1.82, 2.24) is 9.55 Å². The molecule has 1 atom stereocenters. The van der Waals surface area contributed by atoms with E-state index in [2.05, 4.69) is 4.98 Å². The molecule has 0 aliphatic heterocycles. The molecule has 1 heterocycles. The van der Waals surface area contributed by atoms with Crippen molar-refractivity contribution in [2.45, 2.75) is 32.2 Å². The van der Waals surface area contributed by atoms with Crippen LogP contribution in [-0.2, 0) is 9.59 Å². The second-order valence-electron chi connectivity index (χ2n) is 4.74. The van der Waals surface area contributed by atoms with Crippen LogP contribution in [0.5, 0.6) is 0 Å². The van der Waals surface area contributed by atoms with E-state index in [1.165, 1.54) is 0 Å². The molecular formula is C15H15N3O3. The first-order chi connectivity index (χ1) is 12.1. The zero-order valence-electron chi connectivity index (χ0n) is 16.0. The molecule has 1 fully saturated rings. The van der Waals surface area contributed by atoms with Gasteiger partial charge in [0.2, 0.25) is 0 Å². The van der Waals surface area contributed by atoms with Crippen LogP contribution >= 0.6 is 0 Å². The molecule has 0 radical (unpaired) electrons. The van der Waals surface area contributed by atoms with Gasteiger partial charge in [0.25, 0.3) is 5.56 Å². The van der Waals surface area contributed by atoms with Gasteiger partial charge in [0.15, 0.2) is 5.78 Å². The lowest BCUT2D eigenvalue weighted by Crippen LogP contribution is -2.36. The van der Waals surface area contributed by atoms with Gasteiger partial charge in [-0.25, -0.2) is 4.98 Å². The lowest BCUT2D eigenvalue weighted by molar-refractivity contribution is -0.132. The maximum atomic E-state index is 13.0. The van der Waals surface area contributed by atoms with Gasteiger partial charge in [-0.15, -0.1) is 0 Å². The van der Waals surface area contributed by atoms with Crippen LogP contribution in [0.2, 0.25) is 0 Å². The minimum Gasteiger partial charge on any atom is -0.398 e. The Morgan fingerprint density at radius 1 is 1.48 bits per heavy atom. The van der Waals surface area contributed by atoms with Crippen molar-refractivity contribution in [3.05, 3.63) is 34.3 Å². The zero-order valence-corrected chi connectivity index (χ0v) is 11.0. The lowest BCUT2D eigenvalue weighted by atomic mass is 9.92. The first-order valence-corrected chi connectivity index (χ1v) is 6.24. The van der Waals surface area contributed by atoms with Gasteiger partial charge in [-0.3, -0.25) is 19.0 Å². The molecule has 6 nitrogen and oxygen atoms in total. The van der Waals surface area contributed by atoms with E-state index in [-0.39, 0.29) is 34.5 Å². The van der Waals surface area contributed by atoms with E-state index >= 15 is 0 Å². The molecule has 1 aromatic carbocycles. The topological polar surface area (TPSA) is 95.0 Å². The molecule has 2 N–H and O–H groups in total. The maximum absolute atomic E-state index is 13.0. The zero-order chi connectivity index (χ0) is 19.4. The van der Waals surface area contributed by atoms with Gasteiger partial charge in [0, 0.05) is 16.2 Å². The number of nitrogens with zero attached hydrogens (tertiary/aromatic N) is 2. The fourth-order valence-corrected chi connectivity index (χ4v) is 2.40. The summed E-state index contributed by atoms with van der Waals surface area (Å²) in [6.07, 6.45) is -3.48. The first-order valence-electron chi connectivity index (χ1n) is 8.95. The number of aryl methyl sites for hydroxylation is 1. The number of rotatable bonds is 1. The summed E-state index contributed by atoms with van der Waals surface area (Å²) in [5.74, 6) is -1.62. The first kappa shape index (κ1) is 8.71. The van der Waals surface area contributed by atoms with Crippen LogP contribution < -0.4 is 11.3 Å². The molecule has 0 amide bonds. The van der Waals surface area contributed by atoms with Crippen LogP contribution in [-0.4, -0.2) is 21.1 Å². The molecule has 21 heavy (non-hydrogen) atoms. The summed E-state index contributed by atoms with van der Waals surface area (Å²) in [6.45, 7) is -0.492. The van der Waals surface area contributed by atoms with Gasteiger partial charge in [-0.05, 0) is 25.4 Å². The van der Waals surface area contributed by atoms with Crippen molar-refractivity contribution in [3.8, 4) is 0 Å². The van der Waals surface area contributed by atoms with Crippen molar-refractivity contribution in [2.24, 2.45) is 0 Å². The fraction of sp³-hybridized carbons (Fsp3) is 0.333. The van der Waals surface area contributed by atoms with E-state index in [9.17, 15) is 14.4 Å². The molecule has 1 aliphatic rings. The van der Waals surface area contributed by atoms with Crippen molar-refractivity contribution in [1.29, 1.82) is 0 Å². The monoisotopic (exact) mass is 290 g/mol. The third-order valence-corrected chi connectivity index (χ3v) is 3.41. The maximum Gasteiger partial charge on any atom is 0.264 e. The predicted molar refractivity (Wildman–Crippen MR) is 78.1 cm³/mol. The molecule has 1 unspecified atom stereocenters. The Bertz CT molecular complexity index is 1020. The smallest absolute Gasteiger partial charge is 0.264 e. The number of benzene rings is 1. The molecule has 108 valence electrons. The Morgan fingerprint density at radius 2 is 2.29 bits per heavy atom. The van der Waals surface area contributed by atoms with E-state index in [1.54, 1.807) is 0 Å². The summed E-state index contributed by atoms with van der Waals surface area (Å²) in [5, 5.41) is -0.218. The molecule has 2 aromatic rings. The van der Waals surface area contributed by atoms with Gasteiger partial charge in [-0.1, -0.05) is 6.07 Å². The number of ketones is 2. The largest absolute Gasteiger partial charge is 0.398 e. The summed E-state index contributed by atoms with van der Waals surface area (Å²) in [5.41, 5.74) is 4.70. The molecular weight excluding hydrogens is 270 g/mol. The highest BCUT2D eigenvalue weighted by Gasteiger charge is 2.30. The minimum atomic E-state index is -2.28. The van der Waals surface area contributed by atoms with E-state index in [0.29, 0.717) is 0 Å². The highest BCUT2D eigenvalue weighted by Crippen LogP contribution is 2.24. The average Bonchev–Trinajstić information content (AvgIpc) is 2.56. The third kappa shape index (κ3) is 2.12. The van der Waals surface area contributed by atoms with E-state index < -0.39 is 49.3 Å². The van der Waals surface area contributed by atoms with E-state index in [0.717, 1.165) is 10.6 Å². The summed E-state index contributed by atoms with van der Waals surface area (Å²) < 4.78 is 39.7. The number of hydrogen-bond acceptors (Lipinski definition) is 5. The Labute approximate surface area is 127 Å². The minimum absolute atomic E-state index is 0.0793. The Balaban J connectivity index is 2.34. The number of carbonyl (C=O) groups is 2. The molecule has 3 rings (SSSR count). The number of carbonyl (C=O) groups excluding carboxylic acids is 2. The number of nitrogen functional groups attached to an aromatic ring is 1. The van der Waals surface area contributed by atoms with Gasteiger partial charge < -0.3 is 5.73 Å². The van der Waals surface area contributed by atoms with Crippen LogP contribution in [0.1, 0.15) is 37.9 Å². The Kier molecular flexibility index (Phi) is 1.99. The number of hydrogen-bond donors (Lipinski definition) is 1. The Hall–Kier alpha value is -2.50. The van der Waals surface area contributed by atoms with Crippen LogP contribution in [0.15, 0.2) is 22.9 Å². The third-order valence-electron chi connectivity index (χ3n) is 3.41. The quantitative estimate of drug-likeness (QED) is 0.628. The molecule has 1 saturated carbocycles. The number of Topliss-reactive ketones (excluding diaryl/α,β-unsaturated/α-hetero) is 2. The van der Waals surface area contributed by atoms with Gasteiger partial charge in [-0.2, -0.15) is 0 Å². The fourth-order valence-electron chi connectivity index (χ4n) is 2.40. The van der Waals surface area contributed by atoms with Crippen LogP contribution in [0.25, 0.3) is 10.9 Å². The molecule has 0 saturated heterocycles. The van der Waals surface area contributed by atoms with E-state index in [4.69, 9.17) is 12.6 Å². The van der Waals surface area contributed by atoms with Crippen molar-refractivity contribution in [2.75, 3.05) is 5.73 Å². The Morgan fingerprint density at radius 3 is 3.05 bits per heavy atom.